The molecule has 1 fully saturated rings. The van der Waals surface area contributed by atoms with Crippen molar-refractivity contribution < 1.29 is 38.2 Å². The fourth-order valence-electron chi connectivity index (χ4n) is 6.75. The highest BCUT2D eigenvalue weighted by Crippen LogP contribution is 2.43. The highest BCUT2D eigenvalue weighted by molar-refractivity contribution is 8.25. The molecule has 5 aromatic carbocycles. The van der Waals surface area contributed by atoms with Gasteiger partial charge < -0.3 is 36.5 Å². The van der Waals surface area contributed by atoms with Gasteiger partial charge in [0.25, 0.3) is 11.1 Å². The molecule has 62 heavy (non-hydrogen) atoms. The van der Waals surface area contributed by atoms with E-state index in [-0.39, 0.29) is 18.8 Å². The van der Waals surface area contributed by atoms with Crippen LogP contribution in [0.3, 0.4) is 0 Å². The van der Waals surface area contributed by atoms with Crippen molar-refractivity contribution in [3.05, 3.63) is 189 Å². The Labute approximate surface area is 374 Å². The summed E-state index contributed by atoms with van der Waals surface area (Å²) in [4.78, 5) is 29.9. The van der Waals surface area contributed by atoms with E-state index in [2.05, 4.69) is 10.3 Å². The highest BCUT2D eigenvalue weighted by atomic mass is 35.5. The van der Waals surface area contributed by atoms with Crippen molar-refractivity contribution in [1.29, 1.82) is 0 Å². The van der Waals surface area contributed by atoms with Gasteiger partial charge in [-0.2, -0.15) is 9.51 Å². The summed E-state index contributed by atoms with van der Waals surface area (Å²) in [5.74, 6) is 1.84. The van der Waals surface area contributed by atoms with E-state index in [4.69, 9.17) is 58.5 Å². The van der Waals surface area contributed by atoms with E-state index in [1.54, 1.807) is 44.6 Å². The molecule has 4 atom stereocenters. The Bertz CT molecular complexity index is 2440. The molecule has 0 radical (unpaired) electrons. The van der Waals surface area contributed by atoms with Crippen molar-refractivity contribution >= 4 is 59.7 Å². The Balaban J connectivity index is 0.000000462. The number of rotatable bonds is 15. The third-order valence-corrected chi connectivity index (χ3v) is 11.5. The van der Waals surface area contributed by atoms with E-state index in [0.717, 1.165) is 33.0 Å². The monoisotopic (exact) mass is 912 g/mol. The number of nitrogens with zero attached hydrogens (tertiary/aromatic N) is 2. The smallest absolute Gasteiger partial charge is 0.372 e. The minimum atomic E-state index is -2.43. The molecular formula is C45H44ClN5O8PS2+. The highest BCUT2D eigenvalue weighted by Gasteiger charge is 2.44. The van der Waals surface area contributed by atoms with Gasteiger partial charge in [-0.05, 0) is 88.6 Å². The number of aromatic nitrogens is 2. The molecular weight excluding hydrogens is 869 g/mol. The number of anilines is 1. The first-order valence-electron chi connectivity index (χ1n) is 19.1. The number of carbonyl (C=O) groups is 1. The zero-order valence-electron chi connectivity index (χ0n) is 33.7. The molecule has 7 rings (SSSR count). The molecule has 1 unspecified atom stereocenters. The normalized spacial score (nSPS) is 16.1. The fourth-order valence-corrected chi connectivity index (χ4v) is 8.18. The third-order valence-electron chi connectivity index (χ3n) is 9.78. The van der Waals surface area contributed by atoms with Crippen LogP contribution in [0.25, 0.3) is 0 Å². The first-order valence-corrected chi connectivity index (χ1v) is 22.7. The number of carbonyl (C=O) groups excluding carboxylic acids is 1. The summed E-state index contributed by atoms with van der Waals surface area (Å²) < 4.78 is 43.4. The second kappa shape index (κ2) is 22.0. The van der Waals surface area contributed by atoms with Gasteiger partial charge in [-0.3, -0.25) is 20.5 Å². The van der Waals surface area contributed by atoms with Crippen LogP contribution in [0.5, 0.6) is 11.5 Å². The lowest BCUT2D eigenvalue weighted by Gasteiger charge is -2.37. The predicted molar refractivity (Wildman–Crippen MR) is 243 cm³/mol. The summed E-state index contributed by atoms with van der Waals surface area (Å²) in [5, 5.41) is 9.08. The second-order valence-electron chi connectivity index (χ2n) is 13.7. The number of thioether (sulfide) groups is 1. The first-order chi connectivity index (χ1) is 30.0. The molecule has 2 heterocycles. The van der Waals surface area contributed by atoms with Crippen LogP contribution in [0, 0.1) is 0 Å². The predicted octanol–water partition coefficient (Wildman–Crippen LogP) is 7.05. The SMILES string of the molecule is COc1ccc(C(OC[C@H]2O[C@@H](n3ccc(NC(=O)c4ccccc4)nc3=O)C[C@@H]2O[P+](=O)[S-])(c2ccccc2)c2ccc(OC)cc2)cc1.NC(=[NH2+])SCc1ccc(Cl)cc1. The molecule has 6 aromatic rings. The number of ether oxygens (including phenoxy) is 4. The van der Waals surface area contributed by atoms with Gasteiger partial charge in [0.05, 0.1) is 20.8 Å². The number of nitrogens with two attached hydrogens (primary N) is 2. The van der Waals surface area contributed by atoms with E-state index in [1.807, 2.05) is 103 Å². The van der Waals surface area contributed by atoms with Crippen LogP contribution < -0.4 is 31.6 Å². The van der Waals surface area contributed by atoms with Crippen LogP contribution in [-0.4, -0.2) is 53.7 Å². The lowest BCUT2D eigenvalue weighted by Crippen LogP contribution is -2.43. The Morgan fingerprint density at radius 2 is 1.47 bits per heavy atom. The van der Waals surface area contributed by atoms with Gasteiger partial charge in [0.15, 0.2) is 0 Å². The maximum Gasteiger partial charge on any atom is 0.372 e. The average Bonchev–Trinajstić information content (AvgIpc) is 3.68. The van der Waals surface area contributed by atoms with Crippen LogP contribution in [0.1, 0.15) is 45.3 Å². The number of methoxy groups -OCH3 is 2. The summed E-state index contributed by atoms with van der Waals surface area (Å²) >= 11 is 12.1. The minimum Gasteiger partial charge on any atom is -0.497 e. The quantitative estimate of drug-likeness (QED) is 0.0315. The Kier molecular flexibility index (Phi) is 16.3. The van der Waals surface area contributed by atoms with Crippen molar-refractivity contribution in [2.45, 2.75) is 36.2 Å². The van der Waals surface area contributed by atoms with Crippen molar-refractivity contribution in [1.82, 2.24) is 9.55 Å². The van der Waals surface area contributed by atoms with E-state index < -0.39 is 42.9 Å². The van der Waals surface area contributed by atoms with Gasteiger partial charge in [0.1, 0.15) is 41.4 Å². The summed E-state index contributed by atoms with van der Waals surface area (Å²) in [6.45, 7) is -0.0416. The largest absolute Gasteiger partial charge is 0.497 e. The maximum atomic E-state index is 13.2. The summed E-state index contributed by atoms with van der Waals surface area (Å²) in [5.41, 5.74) is 7.54. The molecule has 0 spiro atoms. The Morgan fingerprint density at radius 1 is 0.903 bits per heavy atom. The standard InChI is InChI=1S/C37H34N3O8PS.C8H9ClN2S/c1-44-29-17-13-27(14-18-29)37(26-11-7-4-8-12-26,28-15-19-30(45-2)20-16-28)46-24-32-31(48-49(43)50)23-34(47-32)40-22-21-33(39-36(40)42)38-35(41)25-9-5-3-6-10-25;9-7-3-1-6(2-4-7)5-12-8(10)11/h3-22,31-32,34H,23-24H2,1-2H3,(H,38,39,41,42);1-4H,5H2,(H3,10,11)/p+1/t31-,32+,34+;/m0./s1. The van der Waals surface area contributed by atoms with Crippen LogP contribution in [-0.2, 0) is 42.2 Å². The lowest BCUT2D eigenvalue weighted by atomic mass is 9.80. The van der Waals surface area contributed by atoms with E-state index in [0.29, 0.717) is 22.2 Å². The van der Waals surface area contributed by atoms with E-state index >= 15 is 0 Å². The molecule has 0 saturated carbocycles. The second-order valence-corrected chi connectivity index (χ2v) is 16.7. The van der Waals surface area contributed by atoms with E-state index in [1.165, 1.54) is 28.6 Å². The molecule has 1 aliphatic heterocycles. The number of halogens is 1. The zero-order valence-corrected chi connectivity index (χ0v) is 36.9. The lowest BCUT2D eigenvalue weighted by molar-refractivity contribution is -0.110. The Hall–Kier alpha value is -5.51. The molecule has 5 N–H and O–H groups in total. The van der Waals surface area contributed by atoms with Gasteiger partial charge >= 0.3 is 12.9 Å². The molecule has 1 saturated heterocycles. The molecule has 320 valence electrons. The molecule has 17 heteroatoms. The minimum absolute atomic E-state index is 0.0416. The molecule has 0 bridgehead atoms. The first kappa shape index (κ1) is 46.0. The average molecular weight is 913 g/mol. The number of hydrogen-bond donors (Lipinski definition) is 3. The van der Waals surface area contributed by atoms with Crippen LogP contribution in [0.2, 0.25) is 5.02 Å². The Morgan fingerprint density at radius 3 is 2.00 bits per heavy atom. The van der Waals surface area contributed by atoms with Crippen LogP contribution in [0.15, 0.2) is 151 Å². The van der Waals surface area contributed by atoms with Crippen molar-refractivity contribution in [3.63, 3.8) is 0 Å². The summed E-state index contributed by atoms with van der Waals surface area (Å²) in [6.07, 6.45) is -0.772. The molecule has 1 aromatic heterocycles. The fraction of sp³-hybridized carbons (Fsp3) is 0.200. The summed E-state index contributed by atoms with van der Waals surface area (Å²) in [7, 11) is 0.774. The van der Waals surface area contributed by atoms with Gasteiger partial charge in [-0.15, -0.1) is 0 Å². The molecule has 1 amide bonds. The van der Waals surface area contributed by atoms with E-state index in [9.17, 15) is 14.2 Å². The topological polar surface area (TPSA) is 179 Å². The summed E-state index contributed by atoms with van der Waals surface area (Å²) in [6, 6.07) is 42.7. The number of hydrogen-bond acceptors (Lipinski definition) is 11. The maximum absolute atomic E-state index is 13.2. The van der Waals surface area contributed by atoms with Gasteiger partial charge in [0.2, 0.25) is 0 Å². The van der Waals surface area contributed by atoms with Crippen LogP contribution >= 0.6 is 30.6 Å². The van der Waals surface area contributed by atoms with Gasteiger partial charge in [-0.25, -0.2) is 4.79 Å². The van der Waals surface area contributed by atoms with Gasteiger partial charge in [0, 0.05) is 29.0 Å². The number of benzene rings is 5. The number of amides is 1. The van der Waals surface area contributed by atoms with Crippen molar-refractivity contribution in [3.8, 4) is 11.5 Å². The van der Waals surface area contributed by atoms with Gasteiger partial charge in [-0.1, -0.05) is 101 Å². The van der Waals surface area contributed by atoms with Crippen molar-refractivity contribution in [2.24, 2.45) is 5.73 Å². The number of nitrogens with one attached hydrogen (secondary N) is 1. The third kappa shape index (κ3) is 11.9. The van der Waals surface area contributed by atoms with Crippen LogP contribution in [0.4, 0.5) is 5.82 Å². The molecule has 0 aliphatic carbocycles. The molecule has 13 nitrogen and oxygen atoms in total. The van der Waals surface area contributed by atoms with Crippen molar-refractivity contribution in [2.75, 3.05) is 26.1 Å². The zero-order chi connectivity index (χ0) is 44.1. The molecule has 1 aliphatic rings. The number of amidine groups is 1.